The molecule has 0 rings (SSSR count). The van der Waals surface area contributed by atoms with Crippen molar-refractivity contribution in [2.45, 2.75) is 0 Å². The van der Waals surface area contributed by atoms with Gasteiger partial charge < -0.3 is 0 Å². The van der Waals surface area contributed by atoms with E-state index in [1.54, 1.807) is 0 Å². The Bertz CT molecular complexity index is 69.6. The molecule has 50 valence electrons. The van der Waals surface area contributed by atoms with E-state index in [1.807, 2.05) is 0 Å². The molecule has 0 nitrogen and oxygen atoms in total. The first-order chi connectivity index (χ1) is 2.45. The summed E-state index contributed by atoms with van der Waals surface area (Å²) in [5, 5.41) is 0. The predicted molar refractivity (Wildman–Crippen MR) is 20.7 cm³/mol. The van der Waals surface area contributed by atoms with Crippen molar-refractivity contribution in [1.82, 2.24) is 0 Å². The summed E-state index contributed by atoms with van der Waals surface area (Å²) in [6.45, 7) is 0. The van der Waals surface area contributed by atoms with Crippen molar-refractivity contribution in [3.8, 4) is 0 Å². The second-order valence-electron chi connectivity index (χ2n) is 0.958. The summed E-state index contributed by atoms with van der Waals surface area (Å²) >= 11 is 0. The molecular weight excluding hydrogens is 159 g/mol. The van der Waals surface area contributed by atoms with Gasteiger partial charge in [0.25, 0.3) is 0 Å². The first-order valence-electron chi connectivity index (χ1n) is 1.01. The topological polar surface area (TPSA) is 0 Å². The molecule has 0 aliphatic rings. The van der Waals surface area contributed by atoms with Crippen molar-refractivity contribution in [3.63, 3.8) is 0 Å². The van der Waals surface area contributed by atoms with Gasteiger partial charge in [-0.25, -0.2) is 0 Å². The van der Waals surface area contributed by atoms with E-state index in [1.165, 1.54) is 0 Å². The molecule has 0 aromatic heterocycles. The molecule has 0 atom stereocenters. The van der Waals surface area contributed by atoms with Gasteiger partial charge >= 0.3 is 70.7 Å². The summed E-state index contributed by atoms with van der Waals surface area (Å²) < 4.78 is 59.2. The van der Waals surface area contributed by atoms with Gasteiger partial charge in [0, 0.05) is 0 Å². The quantitative estimate of drug-likeness (QED) is 0.260. The van der Waals surface area contributed by atoms with Crippen molar-refractivity contribution in [2.24, 2.45) is 0 Å². The molecule has 0 fully saturated rings. The SMILES string of the molecule is F[P-](F)(F)(F)(F)F.[Li+].[LiH]. The van der Waals surface area contributed by atoms with Gasteiger partial charge in [-0.3, -0.25) is 0 Å². The normalized spacial score (nSPS) is 18.0. The van der Waals surface area contributed by atoms with Gasteiger partial charge in [-0.05, 0) is 0 Å². The van der Waals surface area contributed by atoms with Crippen molar-refractivity contribution in [3.05, 3.63) is 0 Å². The Morgan fingerprint density at radius 1 is 0.667 bits per heavy atom. The van der Waals surface area contributed by atoms with Gasteiger partial charge in [0.1, 0.15) is 0 Å². The van der Waals surface area contributed by atoms with Crippen LogP contribution in [0.1, 0.15) is 0 Å². The molecule has 0 aliphatic heterocycles. The van der Waals surface area contributed by atoms with Crippen LogP contribution in [0.15, 0.2) is 0 Å². The summed E-state index contributed by atoms with van der Waals surface area (Å²) in [6.07, 6.45) is 0. The van der Waals surface area contributed by atoms with Crippen LogP contribution >= 0.6 is 7.81 Å². The van der Waals surface area contributed by atoms with Crippen molar-refractivity contribution < 1.29 is 44.0 Å². The van der Waals surface area contributed by atoms with Crippen molar-refractivity contribution >= 4 is 26.7 Å². The fourth-order valence-corrected chi connectivity index (χ4v) is 0. The molecule has 0 saturated heterocycles. The number of hydrogen-bond donors (Lipinski definition) is 0. The number of hydrogen-bond acceptors (Lipinski definition) is 0. The Morgan fingerprint density at radius 3 is 0.667 bits per heavy atom. The first-order valence-corrected chi connectivity index (χ1v) is 3.04. The summed E-state index contributed by atoms with van der Waals surface area (Å²) in [5.74, 6) is 0. The Labute approximate surface area is 71.0 Å². The van der Waals surface area contributed by atoms with Crippen LogP contribution in [0.25, 0.3) is 0 Å². The van der Waals surface area contributed by atoms with Gasteiger partial charge in [0.15, 0.2) is 0 Å². The molecule has 0 heterocycles. The van der Waals surface area contributed by atoms with Gasteiger partial charge in [-0.15, -0.1) is 0 Å². The molecule has 0 N–H and O–H groups in total. The standard InChI is InChI=1S/F6P.2Li.H/c1-7(2,3,4,5)6;;;/q-1;;+1;. The van der Waals surface area contributed by atoms with E-state index in [-0.39, 0.29) is 37.7 Å². The van der Waals surface area contributed by atoms with Crippen LogP contribution in [0.2, 0.25) is 0 Å². The maximum absolute atomic E-state index is 10.7. The summed E-state index contributed by atoms with van der Waals surface area (Å²) in [4.78, 5) is 0. The fourth-order valence-electron chi connectivity index (χ4n) is 0. The third-order valence-corrected chi connectivity index (χ3v) is 0. The zero-order chi connectivity index (χ0) is 6.41. The molecule has 0 aromatic carbocycles. The van der Waals surface area contributed by atoms with E-state index in [0.717, 1.165) is 0 Å². The minimum absolute atomic E-state index is 0. The third kappa shape index (κ3) is 329. The van der Waals surface area contributed by atoms with Crippen molar-refractivity contribution in [1.29, 1.82) is 0 Å². The van der Waals surface area contributed by atoms with E-state index in [4.69, 9.17) is 0 Å². The van der Waals surface area contributed by atoms with Crippen LogP contribution in [-0.4, -0.2) is 18.9 Å². The second-order valence-corrected chi connectivity index (χ2v) is 2.87. The molecule has 0 spiro atoms. The average molecular weight is 160 g/mol. The molecule has 0 unspecified atom stereocenters. The first kappa shape index (κ1) is 16.7. The summed E-state index contributed by atoms with van der Waals surface area (Å²) in [7, 11) is -10.7. The van der Waals surface area contributed by atoms with Crippen LogP contribution in [0.4, 0.5) is 25.2 Å². The van der Waals surface area contributed by atoms with Crippen LogP contribution in [0.3, 0.4) is 0 Å². The monoisotopic (exact) mass is 160 g/mol. The zero-order valence-electron chi connectivity index (χ0n) is 3.72. The third-order valence-electron chi connectivity index (χ3n) is 0. The number of rotatable bonds is 0. The summed E-state index contributed by atoms with van der Waals surface area (Å²) in [5.41, 5.74) is 0. The van der Waals surface area contributed by atoms with Gasteiger partial charge in [-0.1, -0.05) is 0 Å². The molecule has 9 heavy (non-hydrogen) atoms. The molecule has 0 radical (unpaired) electrons. The minimum atomic E-state index is -10.7. The Balaban J connectivity index is -0.000000180. The van der Waals surface area contributed by atoms with E-state index < -0.39 is 7.81 Å². The van der Waals surface area contributed by atoms with E-state index in [0.29, 0.717) is 0 Å². The Kier molecular flexibility index (Phi) is 4.37. The fraction of sp³-hybridized carbons (Fsp3) is 0. The molecule has 0 saturated carbocycles. The van der Waals surface area contributed by atoms with Crippen LogP contribution < -0.4 is 18.9 Å². The van der Waals surface area contributed by atoms with Gasteiger partial charge in [0.05, 0.1) is 0 Å². The molecule has 9 heteroatoms. The van der Waals surface area contributed by atoms with Gasteiger partial charge in [-0.2, -0.15) is 0 Å². The van der Waals surface area contributed by atoms with E-state index >= 15 is 0 Å². The van der Waals surface area contributed by atoms with Crippen LogP contribution in [0.5, 0.6) is 0 Å². The molecule has 0 amide bonds. The van der Waals surface area contributed by atoms with E-state index in [2.05, 4.69) is 0 Å². The maximum atomic E-state index is 9.87. The Morgan fingerprint density at radius 2 is 0.667 bits per heavy atom. The average Bonchev–Trinajstić information content (AvgIpc) is 0.592. The predicted octanol–water partition coefficient (Wildman–Crippen LogP) is -0.262. The zero-order valence-corrected chi connectivity index (χ0v) is 4.61. The summed E-state index contributed by atoms with van der Waals surface area (Å²) in [6, 6.07) is 0. The Hall–Kier alpha value is 1.20. The number of halogens is 6. The molecule has 0 bridgehead atoms. The molecular formula is HF6Li2P. The molecule has 0 aromatic rings. The second kappa shape index (κ2) is 2.36. The molecule has 0 aliphatic carbocycles. The van der Waals surface area contributed by atoms with Gasteiger partial charge in [0.2, 0.25) is 0 Å². The van der Waals surface area contributed by atoms with Crippen molar-refractivity contribution in [2.75, 3.05) is 0 Å². The van der Waals surface area contributed by atoms with E-state index in [9.17, 15) is 25.2 Å². The van der Waals surface area contributed by atoms with Crippen LogP contribution in [-0.2, 0) is 0 Å². The van der Waals surface area contributed by atoms with Crippen LogP contribution in [0, 0.1) is 0 Å².